The van der Waals surface area contributed by atoms with Crippen molar-refractivity contribution in [2.45, 2.75) is 12.8 Å². The second-order valence-corrected chi connectivity index (χ2v) is 2.57. The van der Waals surface area contributed by atoms with Gasteiger partial charge in [-0.15, -0.1) is 0 Å². The van der Waals surface area contributed by atoms with Crippen molar-refractivity contribution in [1.82, 2.24) is 0 Å². The van der Waals surface area contributed by atoms with Gasteiger partial charge in [0.1, 0.15) is 0 Å². The minimum absolute atomic E-state index is 0. The quantitative estimate of drug-likeness (QED) is 0.750. The van der Waals surface area contributed by atoms with Crippen LogP contribution in [0.5, 0.6) is 0 Å². The molecule has 1 saturated carbocycles. The van der Waals surface area contributed by atoms with Gasteiger partial charge >= 0.3 is 0 Å². The molecule has 2 atom stereocenters. The summed E-state index contributed by atoms with van der Waals surface area (Å²) in [6.45, 7) is 1.67. The molecular weight excluding hydrogens is 295 g/mol. The first-order valence-electron chi connectivity index (χ1n) is 3.28. The zero-order chi connectivity index (χ0) is 5.98. The molecule has 0 heterocycles. The molecule has 0 radical (unpaired) electrons. The number of rotatable bonds is 2. The van der Waals surface area contributed by atoms with Crippen LogP contribution >= 0.6 is 0 Å². The Balaban J connectivity index is 0.000000640. The summed E-state index contributed by atoms with van der Waals surface area (Å²) in [6.07, 6.45) is 2.61. The van der Waals surface area contributed by atoms with Crippen LogP contribution < -0.4 is 11.5 Å². The topological polar surface area (TPSA) is 52.0 Å². The molecule has 0 bridgehead atoms. The summed E-state index contributed by atoms with van der Waals surface area (Å²) in [7, 11) is 0. The SMILES string of the molecule is NC[C@@H]1CC[C@H]1CN.[Pt]. The molecule has 1 aliphatic carbocycles. The van der Waals surface area contributed by atoms with Gasteiger partial charge in [0, 0.05) is 21.1 Å². The molecular formula is C6H14N2Pt. The van der Waals surface area contributed by atoms with Crippen LogP contribution in [0.3, 0.4) is 0 Å². The maximum Gasteiger partial charge on any atom is 0 e. The van der Waals surface area contributed by atoms with Crippen molar-refractivity contribution in [2.75, 3.05) is 13.1 Å². The van der Waals surface area contributed by atoms with Gasteiger partial charge in [0.15, 0.2) is 0 Å². The zero-order valence-corrected chi connectivity index (χ0v) is 7.73. The van der Waals surface area contributed by atoms with E-state index in [0.717, 1.165) is 24.9 Å². The van der Waals surface area contributed by atoms with E-state index in [0.29, 0.717) is 0 Å². The van der Waals surface area contributed by atoms with Crippen LogP contribution in [0.4, 0.5) is 0 Å². The van der Waals surface area contributed by atoms with Crippen LogP contribution in [0.1, 0.15) is 12.8 Å². The molecule has 4 N–H and O–H groups in total. The molecule has 3 heteroatoms. The van der Waals surface area contributed by atoms with Gasteiger partial charge in [0.25, 0.3) is 0 Å². The molecule has 58 valence electrons. The van der Waals surface area contributed by atoms with Crippen molar-refractivity contribution in [3.63, 3.8) is 0 Å². The Morgan fingerprint density at radius 1 is 1.00 bits per heavy atom. The van der Waals surface area contributed by atoms with Gasteiger partial charge in [-0.2, -0.15) is 0 Å². The maximum atomic E-state index is 5.44. The van der Waals surface area contributed by atoms with E-state index in [4.69, 9.17) is 11.5 Å². The van der Waals surface area contributed by atoms with E-state index in [1.165, 1.54) is 12.8 Å². The fourth-order valence-electron chi connectivity index (χ4n) is 1.26. The molecule has 0 amide bonds. The third kappa shape index (κ3) is 2.03. The molecule has 2 nitrogen and oxygen atoms in total. The monoisotopic (exact) mass is 309 g/mol. The van der Waals surface area contributed by atoms with Crippen LogP contribution in [0.2, 0.25) is 0 Å². The van der Waals surface area contributed by atoms with Gasteiger partial charge in [-0.05, 0) is 37.8 Å². The fourth-order valence-corrected chi connectivity index (χ4v) is 1.26. The summed E-state index contributed by atoms with van der Waals surface area (Å²) >= 11 is 0. The van der Waals surface area contributed by atoms with Crippen LogP contribution in [0.15, 0.2) is 0 Å². The van der Waals surface area contributed by atoms with Gasteiger partial charge in [-0.1, -0.05) is 0 Å². The van der Waals surface area contributed by atoms with Crippen molar-refractivity contribution in [1.29, 1.82) is 0 Å². The van der Waals surface area contributed by atoms with Gasteiger partial charge in [0.05, 0.1) is 0 Å². The van der Waals surface area contributed by atoms with E-state index in [-0.39, 0.29) is 21.1 Å². The number of nitrogens with two attached hydrogens (primary N) is 2. The second kappa shape index (κ2) is 4.43. The smallest absolute Gasteiger partial charge is 0 e. The number of hydrogen-bond acceptors (Lipinski definition) is 2. The Hall–Kier alpha value is 0.608. The molecule has 1 rings (SSSR count). The first kappa shape index (κ1) is 9.61. The Kier molecular flexibility index (Phi) is 4.73. The molecule has 0 saturated heterocycles. The van der Waals surface area contributed by atoms with Crippen LogP contribution in [0, 0.1) is 11.8 Å². The van der Waals surface area contributed by atoms with E-state index in [2.05, 4.69) is 0 Å². The first-order valence-corrected chi connectivity index (χ1v) is 3.28. The summed E-state index contributed by atoms with van der Waals surface area (Å²) < 4.78 is 0. The average molecular weight is 309 g/mol. The zero-order valence-electron chi connectivity index (χ0n) is 5.45. The third-order valence-electron chi connectivity index (χ3n) is 2.18. The van der Waals surface area contributed by atoms with Gasteiger partial charge in [-0.3, -0.25) is 0 Å². The summed E-state index contributed by atoms with van der Waals surface area (Å²) in [5.41, 5.74) is 10.9. The van der Waals surface area contributed by atoms with Crippen molar-refractivity contribution in [3.05, 3.63) is 0 Å². The molecule has 0 aromatic heterocycles. The molecule has 0 aliphatic heterocycles. The van der Waals surface area contributed by atoms with Crippen LogP contribution in [-0.4, -0.2) is 13.1 Å². The molecule has 0 spiro atoms. The van der Waals surface area contributed by atoms with E-state index < -0.39 is 0 Å². The standard InChI is InChI=1S/C6H14N2.Pt/c7-3-5-1-2-6(5)4-8;/h5-6H,1-4,7-8H2;/t5-,6-;/m0./s1. The van der Waals surface area contributed by atoms with E-state index in [1.807, 2.05) is 0 Å². The Bertz CT molecular complexity index is 63.5. The summed E-state index contributed by atoms with van der Waals surface area (Å²) in [5, 5.41) is 0. The van der Waals surface area contributed by atoms with Crippen molar-refractivity contribution in [2.24, 2.45) is 23.3 Å². The predicted molar refractivity (Wildman–Crippen MR) is 34.3 cm³/mol. The van der Waals surface area contributed by atoms with Crippen molar-refractivity contribution < 1.29 is 21.1 Å². The van der Waals surface area contributed by atoms with Crippen molar-refractivity contribution >= 4 is 0 Å². The third-order valence-corrected chi connectivity index (χ3v) is 2.18. The average Bonchev–Trinajstić information content (AvgIpc) is 1.66. The summed E-state index contributed by atoms with van der Waals surface area (Å²) in [6, 6.07) is 0. The molecule has 0 aromatic carbocycles. The van der Waals surface area contributed by atoms with Gasteiger partial charge in [-0.25, -0.2) is 0 Å². The Morgan fingerprint density at radius 3 is 1.44 bits per heavy atom. The van der Waals surface area contributed by atoms with E-state index >= 15 is 0 Å². The largest absolute Gasteiger partial charge is 0.330 e. The Morgan fingerprint density at radius 2 is 1.33 bits per heavy atom. The Labute approximate surface area is 70.6 Å². The van der Waals surface area contributed by atoms with Crippen LogP contribution in [-0.2, 0) is 21.1 Å². The molecule has 1 fully saturated rings. The van der Waals surface area contributed by atoms with Crippen molar-refractivity contribution in [3.8, 4) is 0 Å². The molecule has 0 aromatic rings. The fraction of sp³-hybridized carbons (Fsp3) is 1.00. The van der Waals surface area contributed by atoms with E-state index in [1.54, 1.807) is 0 Å². The molecule has 9 heavy (non-hydrogen) atoms. The first-order chi connectivity index (χ1) is 3.88. The molecule has 1 aliphatic rings. The molecule has 0 unspecified atom stereocenters. The van der Waals surface area contributed by atoms with E-state index in [9.17, 15) is 0 Å². The minimum Gasteiger partial charge on any atom is -0.330 e. The normalized spacial score (nSPS) is 32.7. The minimum atomic E-state index is 0. The van der Waals surface area contributed by atoms with Crippen LogP contribution in [0.25, 0.3) is 0 Å². The van der Waals surface area contributed by atoms with Gasteiger partial charge in [0.2, 0.25) is 0 Å². The maximum absolute atomic E-state index is 5.44. The van der Waals surface area contributed by atoms with Gasteiger partial charge < -0.3 is 11.5 Å². The number of hydrogen-bond donors (Lipinski definition) is 2. The predicted octanol–water partition coefficient (Wildman–Crippen LogP) is -0.0725. The summed E-state index contributed by atoms with van der Waals surface area (Å²) in [5.74, 6) is 1.50. The summed E-state index contributed by atoms with van der Waals surface area (Å²) in [4.78, 5) is 0. The second-order valence-electron chi connectivity index (χ2n) is 2.57.